The number of hydrogen-bond acceptors (Lipinski definition) is 4. The molecule has 98 valence electrons. The topological polar surface area (TPSA) is 92.4 Å². The van der Waals surface area contributed by atoms with Crippen molar-refractivity contribution in [2.75, 3.05) is 0 Å². The summed E-state index contributed by atoms with van der Waals surface area (Å²) in [5, 5.41) is 11.3. The molecule has 0 spiro atoms. The van der Waals surface area contributed by atoms with Crippen LogP contribution in [0.1, 0.15) is 32.4 Å². The molecular weight excluding hydrogens is 236 g/mol. The fourth-order valence-corrected chi connectivity index (χ4v) is 1.21. The van der Waals surface area contributed by atoms with Crippen LogP contribution in [0, 0.1) is 0 Å². The van der Waals surface area contributed by atoms with Gasteiger partial charge in [-0.3, -0.25) is 4.79 Å². The monoisotopic (exact) mass is 252 g/mol. The Morgan fingerprint density at radius 2 is 2.06 bits per heavy atom. The third-order valence-electron chi connectivity index (χ3n) is 2.57. The molecule has 0 aliphatic heterocycles. The lowest BCUT2D eigenvalue weighted by Gasteiger charge is -2.04. The fraction of sp³-hybridized carbons (Fsp3) is 0.417. The third kappa shape index (κ3) is 3.44. The van der Waals surface area contributed by atoms with Crippen molar-refractivity contribution in [1.82, 2.24) is 10.3 Å². The second-order valence-corrected chi connectivity index (χ2v) is 3.81. The Morgan fingerprint density at radius 3 is 2.56 bits per heavy atom. The number of carbonyl (C=O) groups excluding carboxylic acids is 1. The summed E-state index contributed by atoms with van der Waals surface area (Å²) in [6.45, 7) is 4.93. The van der Waals surface area contributed by atoms with Crippen molar-refractivity contribution in [1.29, 1.82) is 0 Å². The molecule has 0 aromatic carbocycles. The van der Waals surface area contributed by atoms with Crippen molar-refractivity contribution in [3.63, 3.8) is 0 Å². The molecule has 1 rings (SSSR count). The first-order valence-corrected chi connectivity index (χ1v) is 5.58. The van der Waals surface area contributed by atoms with E-state index in [0.29, 0.717) is 5.89 Å². The Bertz CT molecular complexity index is 488. The molecule has 1 aromatic rings. The van der Waals surface area contributed by atoms with Crippen molar-refractivity contribution >= 4 is 11.9 Å². The second-order valence-electron chi connectivity index (χ2n) is 3.81. The van der Waals surface area contributed by atoms with Gasteiger partial charge in [-0.15, -0.1) is 0 Å². The highest BCUT2D eigenvalue weighted by Gasteiger charge is 2.13. The smallest absolute Gasteiger partial charge is 0.331 e. The molecule has 0 fully saturated rings. The minimum absolute atomic E-state index is 0.0224. The van der Waals surface area contributed by atoms with Crippen LogP contribution in [0.25, 0.3) is 0 Å². The number of aryl methyl sites for hydroxylation is 1. The van der Waals surface area contributed by atoms with Gasteiger partial charge in [-0.25, -0.2) is 9.78 Å². The normalized spacial score (nSPS) is 11.9. The number of hydrogen-bond donors (Lipinski definition) is 2. The van der Waals surface area contributed by atoms with Crippen LogP contribution >= 0.6 is 0 Å². The SMILES string of the molecule is CCc1cnc(CNC(=O)C(C)=C(C)C(=O)O)o1. The Balaban J connectivity index is 2.61. The van der Waals surface area contributed by atoms with Crippen molar-refractivity contribution in [3.8, 4) is 0 Å². The van der Waals surface area contributed by atoms with Crippen molar-refractivity contribution in [2.45, 2.75) is 33.7 Å². The minimum atomic E-state index is -1.10. The molecule has 0 atom stereocenters. The maximum absolute atomic E-state index is 11.6. The van der Waals surface area contributed by atoms with Crippen LogP contribution in [0.5, 0.6) is 0 Å². The van der Waals surface area contributed by atoms with Gasteiger partial charge in [-0.2, -0.15) is 0 Å². The lowest BCUT2D eigenvalue weighted by Crippen LogP contribution is -2.25. The van der Waals surface area contributed by atoms with Gasteiger partial charge in [0.2, 0.25) is 11.8 Å². The van der Waals surface area contributed by atoms with Gasteiger partial charge in [0, 0.05) is 17.6 Å². The predicted molar refractivity (Wildman–Crippen MR) is 63.7 cm³/mol. The number of carboxylic acid groups (broad SMARTS) is 1. The first-order valence-electron chi connectivity index (χ1n) is 5.58. The van der Waals surface area contributed by atoms with Gasteiger partial charge in [0.25, 0.3) is 0 Å². The Hall–Kier alpha value is -2.11. The summed E-state index contributed by atoms with van der Waals surface area (Å²) in [6.07, 6.45) is 2.34. The summed E-state index contributed by atoms with van der Waals surface area (Å²) in [6, 6.07) is 0. The molecule has 0 saturated heterocycles. The highest BCUT2D eigenvalue weighted by Crippen LogP contribution is 2.06. The molecule has 2 N–H and O–H groups in total. The highest BCUT2D eigenvalue weighted by atomic mass is 16.4. The molecule has 0 bridgehead atoms. The molecule has 1 heterocycles. The van der Waals surface area contributed by atoms with Gasteiger partial charge in [-0.1, -0.05) is 6.92 Å². The predicted octanol–water partition coefficient (Wildman–Crippen LogP) is 1.27. The Kier molecular flexibility index (Phi) is 4.65. The van der Waals surface area contributed by atoms with E-state index in [-0.39, 0.29) is 17.7 Å². The lowest BCUT2D eigenvalue weighted by molar-refractivity contribution is -0.133. The number of carboxylic acids is 1. The molecule has 1 aromatic heterocycles. The molecule has 0 aliphatic carbocycles. The zero-order chi connectivity index (χ0) is 13.7. The van der Waals surface area contributed by atoms with Gasteiger partial charge >= 0.3 is 5.97 Å². The number of carbonyl (C=O) groups is 2. The van der Waals surface area contributed by atoms with Gasteiger partial charge < -0.3 is 14.8 Å². The summed E-state index contributed by atoms with van der Waals surface area (Å²) in [7, 11) is 0. The van der Waals surface area contributed by atoms with E-state index in [9.17, 15) is 9.59 Å². The quantitative estimate of drug-likeness (QED) is 0.770. The van der Waals surface area contributed by atoms with E-state index in [0.717, 1.165) is 12.2 Å². The summed E-state index contributed by atoms with van der Waals surface area (Å²) >= 11 is 0. The molecule has 0 aliphatic rings. The van der Waals surface area contributed by atoms with Crippen LogP contribution in [0.3, 0.4) is 0 Å². The number of amides is 1. The first kappa shape index (κ1) is 14.0. The Labute approximate surface area is 105 Å². The van der Waals surface area contributed by atoms with E-state index < -0.39 is 11.9 Å². The van der Waals surface area contributed by atoms with E-state index in [4.69, 9.17) is 9.52 Å². The fourth-order valence-electron chi connectivity index (χ4n) is 1.21. The minimum Gasteiger partial charge on any atom is -0.478 e. The zero-order valence-corrected chi connectivity index (χ0v) is 10.6. The second kappa shape index (κ2) is 6.00. The van der Waals surface area contributed by atoms with E-state index in [2.05, 4.69) is 10.3 Å². The van der Waals surface area contributed by atoms with Gasteiger partial charge in [0.05, 0.1) is 12.7 Å². The molecule has 0 unspecified atom stereocenters. The number of aromatic nitrogens is 1. The van der Waals surface area contributed by atoms with E-state index in [1.54, 1.807) is 6.20 Å². The Morgan fingerprint density at radius 1 is 1.39 bits per heavy atom. The molecule has 0 saturated carbocycles. The van der Waals surface area contributed by atoms with Crippen LogP contribution in [-0.2, 0) is 22.6 Å². The van der Waals surface area contributed by atoms with Crippen LogP contribution in [0.2, 0.25) is 0 Å². The maximum Gasteiger partial charge on any atom is 0.331 e. The van der Waals surface area contributed by atoms with E-state index >= 15 is 0 Å². The largest absolute Gasteiger partial charge is 0.478 e. The van der Waals surface area contributed by atoms with Crippen LogP contribution in [0.15, 0.2) is 21.8 Å². The van der Waals surface area contributed by atoms with Crippen molar-refractivity contribution in [3.05, 3.63) is 29.0 Å². The summed E-state index contributed by atoms with van der Waals surface area (Å²) in [5.41, 5.74) is 0.193. The number of nitrogens with one attached hydrogen (secondary N) is 1. The van der Waals surface area contributed by atoms with Gasteiger partial charge in [0.1, 0.15) is 5.76 Å². The van der Waals surface area contributed by atoms with Gasteiger partial charge in [-0.05, 0) is 13.8 Å². The highest BCUT2D eigenvalue weighted by molar-refractivity contribution is 6.01. The maximum atomic E-state index is 11.6. The van der Waals surface area contributed by atoms with Crippen LogP contribution in [-0.4, -0.2) is 22.0 Å². The van der Waals surface area contributed by atoms with E-state index in [1.165, 1.54) is 13.8 Å². The molecule has 1 amide bonds. The number of rotatable bonds is 5. The molecular formula is C12H16N2O4. The number of nitrogens with zero attached hydrogens (tertiary/aromatic N) is 1. The van der Waals surface area contributed by atoms with Gasteiger partial charge in [0.15, 0.2) is 0 Å². The van der Waals surface area contributed by atoms with E-state index in [1.807, 2.05) is 6.92 Å². The van der Waals surface area contributed by atoms with Crippen molar-refractivity contribution in [2.24, 2.45) is 0 Å². The van der Waals surface area contributed by atoms with Crippen LogP contribution < -0.4 is 5.32 Å². The van der Waals surface area contributed by atoms with Crippen molar-refractivity contribution < 1.29 is 19.1 Å². The molecule has 6 nitrogen and oxygen atoms in total. The van der Waals surface area contributed by atoms with Crippen LogP contribution in [0.4, 0.5) is 0 Å². The average Bonchev–Trinajstić information content (AvgIpc) is 2.81. The third-order valence-corrected chi connectivity index (χ3v) is 2.57. The summed E-state index contributed by atoms with van der Waals surface area (Å²) in [5.74, 6) is -0.396. The number of oxazole rings is 1. The molecule has 0 radical (unpaired) electrons. The zero-order valence-electron chi connectivity index (χ0n) is 10.6. The number of aliphatic carboxylic acids is 1. The summed E-state index contributed by atoms with van der Waals surface area (Å²) < 4.78 is 5.31. The first-order chi connectivity index (χ1) is 8.45. The lowest BCUT2D eigenvalue weighted by atomic mass is 10.1. The average molecular weight is 252 g/mol. The molecule has 6 heteroatoms. The molecule has 18 heavy (non-hydrogen) atoms. The standard InChI is InChI=1S/C12H16N2O4/c1-4-9-5-13-10(18-9)6-14-11(15)7(2)8(3)12(16)17/h5H,4,6H2,1-3H3,(H,14,15)(H,16,17). The summed E-state index contributed by atoms with van der Waals surface area (Å²) in [4.78, 5) is 26.3.